The van der Waals surface area contributed by atoms with E-state index in [1.807, 2.05) is 0 Å². The molecule has 1 aromatic heterocycles. The number of aromatic nitrogens is 2. The quantitative estimate of drug-likeness (QED) is 0.772. The molecule has 0 amide bonds. The summed E-state index contributed by atoms with van der Waals surface area (Å²) in [5.41, 5.74) is 0.950. The number of nitrogens with zero attached hydrogens (tertiary/aromatic N) is 1. The number of aromatic amines is 1. The summed E-state index contributed by atoms with van der Waals surface area (Å²) in [6.07, 6.45) is 1.52. The Morgan fingerprint density at radius 2 is 2.13 bits per heavy atom. The second-order valence-corrected chi connectivity index (χ2v) is 3.74. The van der Waals surface area contributed by atoms with Gasteiger partial charge in [0.15, 0.2) is 4.77 Å². The van der Waals surface area contributed by atoms with Gasteiger partial charge < -0.3 is 4.98 Å². The van der Waals surface area contributed by atoms with Crippen LogP contribution in [0.4, 0.5) is 4.39 Å². The van der Waals surface area contributed by atoms with Crippen molar-refractivity contribution in [3.8, 4) is 11.3 Å². The fourth-order valence-electron chi connectivity index (χ4n) is 1.23. The van der Waals surface area contributed by atoms with E-state index < -0.39 is 0 Å². The maximum Gasteiger partial charge on any atom is 0.197 e. The zero-order valence-electron chi connectivity index (χ0n) is 7.50. The lowest BCUT2D eigenvalue weighted by atomic mass is 10.1. The van der Waals surface area contributed by atoms with Crippen molar-refractivity contribution in [2.75, 3.05) is 0 Å². The average Bonchev–Trinajstić information content (AvgIpc) is 2.22. The number of benzene rings is 1. The molecule has 1 heterocycles. The highest BCUT2D eigenvalue weighted by molar-refractivity contribution is 7.71. The number of nitrogens with one attached hydrogen (secondary N) is 1. The number of hydrogen-bond acceptors (Lipinski definition) is 2. The van der Waals surface area contributed by atoms with E-state index in [0.717, 1.165) is 0 Å². The van der Waals surface area contributed by atoms with E-state index in [-0.39, 0.29) is 5.82 Å². The van der Waals surface area contributed by atoms with Crippen molar-refractivity contribution in [3.63, 3.8) is 0 Å². The van der Waals surface area contributed by atoms with Crippen LogP contribution in [0.3, 0.4) is 0 Å². The molecular formula is C10H6ClFN2S. The van der Waals surface area contributed by atoms with Crippen molar-refractivity contribution in [1.29, 1.82) is 0 Å². The van der Waals surface area contributed by atoms with Gasteiger partial charge in [0.05, 0.1) is 5.69 Å². The highest BCUT2D eigenvalue weighted by atomic mass is 35.5. The molecule has 1 aromatic carbocycles. The summed E-state index contributed by atoms with van der Waals surface area (Å²) in [5.74, 6) is -0.351. The molecule has 0 saturated heterocycles. The van der Waals surface area contributed by atoms with Crippen LogP contribution in [0.25, 0.3) is 11.3 Å². The molecule has 0 atom stereocenters. The fraction of sp³-hybridized carbons (Fsp3) is 0. The lowest BCUT2D eigenvalue weighted by Gasteiger charge is -2.03. The smallest absolute Gasteiger partial charge is 0.197 e. The second-order valence-electron chi connectivity index (χ2n) is 2.91. The molecule has 0 fully saturated rings. The maximum atomic E-state index is 13.5. The second kappa shape index (κ2) is 4.08. The monoisotopic (exact) mass is 240 g/mol. The predicted octanol–water partition coefficient (Wildman–Crippen LogP) is 3.60. The van der Waals surface area contributed by atoms with Gasteiger partial charge in [0, 0.05) is 16.8 Å². The minimum atomic E-state index is -0.351. The third kappa shape index (κ3) is 2.22. The fourth-order valence-corrected chi connectivity index (χ4v) is 1.57. The van der Waals surface area contributed by atoms with E-state index in [1.54, 1.807) is 6.07 Å². The van der Waals surface area contributed by atoms with Crippen molar-refractivity contribution in [2.45, 2.75) is 0 Å². The minimum Gasteiger partial charge on any atom is -0.330 e. The van der Waals surface area contributed by atoms with Crippen LogP contribution in [0.5, 0.6) is 0 Å². The van der Waals surface area contributed by atoms with Crippen LogP contribution in [-0.2, 0) is 0 Å². The van der Waals surface area contributed by atoms with E-state index in [2.05, 4.69) is 9.97 Å². The van der Waals surface area contributed by atoms with Crippen LogP contribution in [-0.4, -0.2) is 9.97 Å². The van der Waals surface area contributed by atoms with Gasteiger partial charge in [0.25, 0.3) is 0 Å². The van der Waals surface area contributed by atoms with Gasteiger partial charge in [-0.05, 0) is 36.5 Å². The maximum absolute atomic E-state index is 13.5. The summed E-state index contributed by atoms with van der Waals surface area (Å²) in [5, 5.41) is 0.475. The predicted molar refractivity (Wildman–Crippen MR) is 59.8 cm³/mol. The zero-order chi connectivity index (χ0) is 10.8. The van der Waals surface area contributed by atoms with E-state index in [9.17, 15) is 4.39 Å². The number of hydrogen-bond donors (Lipinski definition) is 1. The van der Waals surface area contributed by atoms with E-state index in [1.165, 1.54) is 24.4 Å². The van der Waals surface area contributed by atoms with E-state index >= 15 is 0 Å². The van der Waals surface area contributed by atoms with Gasteiger partial charge in [-0.15, -0.1) is 0 Å². The van der Waals surface area contributed by atoms with Crippen LogP contribution in [0.15, 0.2) is 30.5 Å². The summed E-state index contributed by atoms with van der Waals surface area (Å²) in [4.78, 5) is 6.62. The topological polar surface area (TPSA) is 28.7 Å². The van der Waals surface area contributed by atoms with Crippen LogP contribution in [0.2, 0.25) is 5.02 Å². The molecular weight excluding hydrogens is 235 g/mol. The molecule has 0 aliphatic heterocycles. The zero-order valence-corrected chi connectivity index (χ0v) is 9.07. The molecule has 2 nitrogen and oxygen atoms in total. The molecule has 0 saturated carbocycles. The van der Waals surface area contributed by atoms with Gasteiger partial charge >= 0.3 is 0 Å². The Balaban J connectivity index is 2.63. The third-order valence-corrected chi connectivity index (χ3v) is 2.34. The number of halogens is 2. The van der Waals surface area contributed by atoms with Gasteiger partial charge in [0.2, 0.25) is 0 Å². The molecule has 0 spiro atoms. The van der Waals surface area contributed by atoms with Gasteiger partial charge in [-0.3, -0.25) is 0 Å². The van der Waals surface area contributed by atoms with Crippen molar-refractivity contribution >= 4 is 23.8 Å². The van der Waals surface area contributed by atoms with Gasteiger partial charge in [0.1, 0.15) is 5.82 Å². The molecule has 15 heavy (non-hydrogen) atoms. The molecule has 2 rings (SSSR count). The molecule has 0 aliphatic rings. The average molecular weight is 241 g/mol. The Morgan fingerprint density at radius 3 is 2.87 bits per heavy atom. The SMILES string of the molecule is Fc1ccc(Cl)cc1-c1ccnc(=S)[nH]1. The Bertz CT molecular complexity index is 553. The summed E-state index contributed by atoms with van der Waals surface area (Å²) in [6, 6.07) is 5.99. The first-order valence-corrected chi connectivity index (χ1v) is 4.96. The highest BCUT2D eigenvalue weighted by Crippen LogP contribution is 2.23. The summed E-state index contributed by atoms with van der Waals surface area (Å²) in [7, 11) is 0. The minimum absolute atomic E-state index is 0.312. The molecule has 0 bridgehead atoms. The Morgan fingerprint density at radius 1 is 1.33 bits per heavy atom. The third-order valence-electron chi connectivity index (χ3n) is 1.89. The summed E-state index contributed by atoms with van der Waals surface area (Å²) < 4.78 is 13.8. The molecule has 5 heteroatoms. The normalized spacial score (nSPS) is 10.3. The van der Waals surface area contributed by atoms with Crippen molar-refractivity contribution in [2.24, 2.45) is 0 Å². The molecule has 76 valence electrons. The van der Waals surface area contributed by atoms with Crippen LogP contribution < -0.4 is 0 Å². The summed E-state index contributed by atoms with van der Waals surface area (Å²) >= 11 is 10.6. The van der Waals surface area contributed by atoms with Gasteiger partial charge in [-0.25, -0.2) is 9.37 Å². The van der Waals surface area contributed by atoms with E-state index in [0.29, 0.717) is 21.1 Å². The Hall–Kier alpha value is -1.26. The van der Waals surface area contributed by atoms with Crippen LogP contribution in [0, 0.1) is 10.6 Å². The van der Waals surface area contributed by atoms with E-state index in [4.69, 9.17) is 23.8 Å². The highest BCUT2D eigenvalue weighted by Gasteiger charge is 2.05. The van der Waals surface area contributed by atoms with Gasteiger partial charge in [-0.1, -0.05) is 11.6 Å². The lowest BCUT2D eigenvalue weighted by Crippen LogP contribution is -1.89. The number of rotatable bonds is 1. The van der Waals surface area contributed by atoms with Crippen LogP contribution in [0.1, 0.15) is 0 Å². The van der Waals surface area contributed by atoms with Gasteiger partial charge in [-0.2, -0.15) is 0 Å². The molecule has 2 aromatic rings. The van der Waals surface area contributed by atoms with Crippen molar-refractivity contribution in [1.82, 2.24) is 9.97 Å². The largest absolute Gasteiger partial charge is 0.330 e. The number of H-pyrrole nitrogens is 1. The first-order chi connectivity index (χ1) is 7.16. The Kier molecular flexibility index (Phi) is 2.79. The molecule has 0 unspecified atom stereocenters. The first-order valence-electron chi connectivity index (χ1n) is 4.17. The van der Waals surface area contributed by atoms with Crippen molar-refractivity contribution < 1.29 is 4.39 Å². The molecule has 0 aliphatic carbocycles. The van der Waals surface area contributed by atoms with Crippen LogP contribution >= 0.6 is 23.8 Å². The molecule has 1 N–H and O–H groups in total. The van der Waals surface area contributed by atoms with Crippen molar-refractivity contribution in [3.05, 3.63) is 46.1 Å². The Labute approximate surface area is 95.8 Å². The standard InChI is InChI=1S/C10H6ClFN2S/c11-6-1-2-8(12)7(5-6)9-3-4-13-10(15)14-9/h1-5H,(H,13,14,15). The lowest BCUT2D eigenvalue weighted by molar-refractivity contribution is 0.630. The molecule has 0 radical (unpaired) electrons. The summed E-state index contributed by atoms with van der Waals surface area (Å²) in [6.45, 7) is 0. The first kappa shape index (κ1) is 10.3.